The highest BCUT2D eigenvalue weighted by Gasteiger charge is 2.32. The average molecular weight is 379 g/mol. The fourth-order valence-corrected chi connectivity index (χ4v) is 5.14. The molecule has 0 bridgehead atoms. The van der Waals surface area contributed by atoms with E-state index in [0.29, 0.717) is 24.9 Å². The van der Waals surface area contributed by atoms with Crippen LogP contribution in [0, 0.1) is 17.7 Å². The van der Waals surface area contributed by atoms with E-state index in [-0.39, 0.29) is 15.1 Å². The molecule has 2 rings (SSSR count). The Morgan fingerprint density at radius 2 is 1.90 bits per heavy atom. The number of halogens is 2. The van der Waals surface area contributed by atoms with Crippen molar-refractivity contribution in [2.45, 2.75) is 31.6 Å². The van der Waals surface area contributed by atoms with Gasteiger partial charge in [0.1, 0.15) is 5.82 Å². The van der Waals surface area contributed by atoms with E-state index in [2.05, 4.69) is 29.8 Å². The lowest BCUT2D eigenvalue weighted by atomic mass is 9.87. The van der Waals surface area contributed by atoms with Crippen LogP contribution in [0.1, 0.15) is 26.7 Å². The van der Waals surface area contributed by atoms with E-state index in [1.54, 1.807) is 0 Å². The quantitative estimate of drug-likeness (QED) is 0.821. The molecule has 1 aromatic rings. The molecule has 7 heteroatoms. The van der Waals surface area contributed by atoms with Crippen molar-refractivity contribution in [3.63, 3.8) is 0 Å². The second-order valence-corrected chi connectivity index (χ2v) is 8.55. The molecule has 1 aliphatic rings. The second kappa shape index (κ2) is 6.22. The zero-order valence-corrected chi connectivity index (χ0v) is 14.5. The zero-order chi connectivity index (χ0) is 15.8. The summed E-state index contributed by atoms with van der Waals surface area (Å²) in [5.74, 6) is 0.487. The van der Waals surface area contributed by atoms with E-state index in [4.69, 9.17) is 5.73 Å². The Labute approximate surface area is 133 Å². The molecule has 1 fully saturated rings. The Bertz CT molecular complexity index is 626. The van der Waals surface area contributed by atoms with Gasteiger partial charge in [0, 0.05) is 17.6 Å². The van der Waals surface area contributed by atoms with E-state index in [1.807, 2.05) is 0 Å². The molecular weight excluding hydrogens is 359 g/mol. The van der Waals surface area contributed by atoms with Crippen LogP contribution in [0.25, 0.3) is 0 Å². The molecule has 21 heavy (non-hydrogen) atoms. The standard InChI is InChI=1S/C14H20BrFN2O2S/c1-9(2)10-3-5-18(6-4-10)21(19,20)14-8-13(17)12(16)7-11(14)15/h7-10H,3-6,17H2,1-2H3. The lowest BCUT2D eigenvalue weighted by Crippen LogP contribution is -2.39. The van der Waals surface area contributed by atoms with Crippen molar-refractivity contribution in [2.24, 2.45) is 11.8 Å². The molecule has 1 aromatic carbocycles. The van der Waals surface area contributed by atoms with Gasteiger partial charge in [-0.2, -0.15) is 4.31 Å². The number of nitrogens with two attached hydrogens (primary N) is 1. The molecule has 1 aliphatic heterocycles. The van der Waals surface area contributed by atoms with Crippen molar-refractivity contribution in [3.05, 3.63) is 22.4 Å². The summed E-state index contributed by atoms with van der Waals surface area (Å²) in [6, 6.07) is 2.28. The first kappa shape index (κ1) is 16.7. The van der Waals surface area contributed by atoms with Crippen LogP contribution in [-0.2, 0) is 10.0 Å². The Kier molecular flexibility index (Phi) is 4.95. The third-order valence-electron chi connectivity index (χ3n) is 4.11. The highest BCUT2D eigenvalue weighted by atomic mass is 79.9. The van der Waals surface area contributed by atoms with Gasteiger partial charge in [-0.3, -0.25) is 0 Å². The van der Waals surface area contributed by atoms with E-state index >= 15 is 0 Å². The number of hydrogen-bond donors (Lipinski definition) is 1. The van der Waals surface area contributed by atoms with Gasteiger partial charge in [-0.25, -0.2) is 12.8 Å². The number of nitrogen functional groups attached to an aromatic ring is 1. The summed E-state index contributed by atoms with van der Waals surface area (Å²) in [6.07, 6.45) is 1.70. The van der Waals surface area contributed by atoms with Crippen molar-refractivity contribution >= 4 is 31.6 Å². The highest BCUT2D eigenvalue weighted by Crippen LogP contribution is 2.32. The smallest absolute Gasteiger partial charge is 0.244 e. The molecule has 0 spiro atoms. The molecule has 118 valence electrons. The van der Waals surface area contributed by atoms with E-state index < -0.39 is 15.8 Å². The number of rotatable bonds is 3. The third-order valence-corrected chi connectivity index (χ3v) is 6.97. The van der Waals surface area contributed by atoms with Crippen molar-refractivity contribution in [3.8, 4) is 0 Å². The maximum atomic E-state index is 13.4. The van der Waals surface area contributed by atoms with Crippen molar-refractivity contribution < 1.29 is 12.8 Å². The maximum absolute atomic E-state index is 13.4. The van der Waals surface area contributed by atoms with Gasteiger partial charge in [0.05, 0.1) is 10.6 Å². The average Bonchev–Trinajstić information content (AvgIpc) is 2.42. The minimum Gasteiger partial charge on any atom is -0.396 e. The lowest BCUT2D eigenvalue weighted by Gasteiger charge is -2.33. The van der Waals surface area contributed by atoms with Crippen molar-refractivity contribution in [2.75, 3.05) is 18.8 Å². The molecule has 0 radical (unpaired) electrons. The lowest BCUT2D eigenvalue weighted by molar-refractivity contribution is 0.226. The van der Waals surface area contributed by atoms with Crippen molar-refractivity contribution in [1.29, 1.82) is 0 Å². The minimum atomic E-state index is -3.64. The van der Waals surface area contributed by atoms with Crippen LogP contribution in [0.4, 0.5) is 10.1 Å². The first-order valence-electron chi connectivity index (χ1n) is 6.98. The normalized spacial score (nSPS) is 18.3. The first-order chi connectivity index (χ1) is 9.73. The summed E-state index contributed by atoms with van der Waals surface area (Å²) in [4.78, 5) is 0.0318. The Hall–Kier alpha value is -0.660. The first-order valence-corrected chi connectivity index (χ1v) is 9.21. The number of nitrogens with zero attached hydrogens (tertiary/aromatic N) is 1. The van der Waals surface area contributed by atoms with Crippen LogP contribution >= 0.6 is 15.9 Å². The molecule has 0 saturated carbocycles. The van der Waals surface area contributed by atoms with Crippen molar-refractivity contribution in [1.82, 2.24) is 4.31 Å². The topological polar surface area (TPSA) is 63.4 Å². The molecule has 1 saturated heterocycles. The van der Waals surface area contributed by atoms with Crippen LogP contribution in [-0.4, -0.2) is 25.8 Å². The Morgan fingerprint density at radius 3 is 2.43 bits per heavy atom. The fourth-order valence-electron chi connectivity index (χ4n) is 2.66. The molecule has 2 N–H and O–H groups in total. The third kappa shape index (κ3) is 3.40. The second-order valence-electron chi connectivity index (χ2n) is 5.79. The number of sulfonamides is 1. The van der Waals surface area contributed by atoms with Crippen LogP contribution in [0.5, 0.6) is 0 Å². The summed E-state index contributed by atoms with van der Waals surface area (Å²) in [6.45, 7) is 5.31. The van der Waals surface area contributed by atoms with E-state index in [0.717, 1.165) is 18.9 Å². The Morgan fingerprint density at radius 1 is 1.33 bits per heavy atom. The zero-order valence-electron chi connectivity index (χ0n) is 12.1. The molecule has 4 nitrogen and oxygen atoms in total. The van der Waals surface area contributed by atoms with E-state index in [1.165, 1.54) is 10.4 Å². The number of piperidine rings is 1. The fraction of sp³-hybridized carbons (Fsp3) is 0.571. The van der Waals surface area contributed by atoms with Crippen LogP contribution in [0.3, 0.4) is 0 Å². The largest absolute Gasteiger partial charge is 0.396 e. The molecule has 0 aliphatic carbocycles. The summed E-state index contributed by atoms with van der Waals surface area (Å²) in [5, 5.41) is 0. The summed E-state index contributed by atoms with van der Waals surface area (Å²) < 4.78 is 40.4. The monoisotopic (exact) mass is 378 g/mol. The number of anilines is 1. The molecular formula is C14H20BrFN2O2S. The number of benzene rings is 1. The molecule has 1 heterocycles. The van der Waals surface area contributed by atoms with Gasteiger partial charge in [0.2, 0.25) is 10.0 Å². The minimum absolute atomic E-state index is 0.0318. The molecule has 0 aromatic heterocycles. The molecule has 0 unspecified atom stereocenters. The van der Waals surface area contributed by atoms with E-state index in [9.17, 15) is 12.8 Å². The SMILES string of the molecule is CC(C)C1CCN(S(=O)(=O)c2cc(N)c(F)cc2Br)CC1. The maximum Gasteiger partial charge on any atom is 0.244 e. The van der Waals surface area contributed by atoms with Gasteiger partial charge in [-0.05, 0) is 52.7 Å². The highest BCUT2D eigenvalue weighted by molar-refractivity contribution is 9.10. The van der Waals surface area contributed by atoms with Crippen LogP contribution in [0.2, 0.25) is 0 Å². The van der Waals surface area contributed by atoms with Gasteiger partial charge in [0.15, 0.2) is 0 Å². The van der Waals surface area contributed by atoms with Crippen LogP contribution < -0.4 is 5.73 Å². The van der Waals surface area contributed by atoms with Gasteiger partial charge in [-0.1, -0.05) is 13.8 Å². The predicted octanol–water partition coefficient (Wildman–Crippen LogP) is 3.23. The Balaban J connectivity index is 2.26. The predicted molar refractivity (Wildman–Crippen MR) is 84.8 cm³/mol. The summed E-state index contributed by atoms with van der Waals surface area (Å²) in [7, 11) is -3.64. The summed E-state index contributed by atoms with van der Waals surface area (Å²) in [5.41, 5.74) is 5.34. The van der Waals surface area contributed by atoms with Gasteiger partial charge in [0.25, 0.3) is 0 Å². The van der Waals surface area contributed by atoms with Gasteiger partial charge < -0.3 is 5.73 Å². The molecule has 0 atom stereocenters. The van der Waals surface area contributed by atoms with Gasteiger partial charge >= 0.3 is 0 Å². The summed E-state index contributed by atoms with van der Waals surface area (Å²) >= 11 is 3.12. The number of hydrogen-bond acceptors (Lipinski definition) is 3. The molecule has 0 amide bonds. The van der Waals surface area contributed by atoms with Gasteiger partial charge in [-0.15, -0.1) is 0 Å². The van der Waals surface area contributed by atoms with Crippen LogP contribution in [0.15, 0.2) is 21.5 Å².